The number of Topliss-reactive ketones (excluding diaryl/α,β-unsaturated/α-hetero) is 1. The second kappa shape index (κ2) is 22.8. The van der Waals surface area contributed by atoms with Crippen LogP contribution in [-0.2, 0) is 4.84 Å². The quantitative estimate of drug-likeness (QED) is 0.0625. The summed E-state index contributed by atoms with van der Waals surface area (Å²) in [6.07, 6.45) is 22.6. The average molecular weight is 1090 g/mol. The normalized spacial score (nSPS) is 32.2. The number of carbonyl (C=O) groups excluding carboxylic acids is 2. The van der Waals surface area contributed by atoms with Crippen LogP contribution in [0.1, 0.15) is 185 Å². The number of hydroxylamine groups is 2. The molecule has 400 valence electrons. The Labute approximate surface area is 468 Å². The molecule has 12 atom stereocenters. The smallest absolute Gasteiger partial charge is 1.00 e. The van der Waals surface area contributed by atoms with Gasteiger partial charge in [-0.05, 0) is 186 Å². The van der Waals surface area contributed by atoms with Gasteiger partial charge >= 0.3 is 29.0 Å². The molecule has 2 aromatic heterocycles. The van der Waals surface area contributed by atoms with Crippen LogP contribution in [-0.4, -0.2) is 120 Å². The first-order valence-corrected chi connectivity index (χ1v) is 28.0. The average Bonchev–Trinajstić information content (AvgIpc) is 3.36. The molecule has 10 fully saturated rings. The Morgan fingerprint density at radius 3 is 1.39 bits per heavy atom. The van der Waals surface area contributed by atoms with Crippen LogP contribution in [0.15, 0.2) is 58.1 Å². The Morgan fingerprint density at radius 1 is 0.622 bits per heavy atom. The largest absolute Gasteiger partial charge is 2.00 e. The summed E-state index contributed by atoms with van der Waals surface area (Å²) in [4.78, 5) is 72.0. The number of para-hydroxylation sites is 4. The molecule has 0 spiro atoms. The van der Waals surface area contributed by atoms with E-state index in [1.165, 1.54) is 124 Å². The number of piperidine rings is 4. The van der Waals surface area contributed by atoms with Crippen molar-refractivity contribution in [3.63, 3.8) is 0 Å². The van der Waals surface area contributed by atoms with E-state index in [0.29, 0.717) is 40.5 Å². The Bertz CT molecular complexity index is 2770. The van der Waals surface area contributed by atoms with Gasteiger partial charge in [-0.25, -0.2) is 15.0 Å². The molecule has 4 saturated heterocycles. The monoisotopic (exact) mass is 1090 g/mol. The SMILES string of the molecule is Br.CC(=O)c1nc2ccccc2n(C2C[C@H]3CCC[C@@H](C2)N3CC[C@@H]2CC[C@H]3C[C@@H]2C3(C)C)c1=O.CON(C)C(=O)c1nc2ccccc2n(C2C[C@H]3CCC[C@@H](C2)N3CC[C@@H]2CC[C@H]3C[C@@H]2C3(C)C)c1=O.[CH3-].[H-].[Mg+2]. The molecule has 0 radical (unpaired) electrons. The van der Waals surface area contributed by atoms with Gasteiger partial charge in [-0.3, -0.25) is 33.8 Å². The van der Waals surface area contributed by atoms with Crippen molar-refractivity contribution in [3.8, 4) is 0 Å². The number of fused-ring (bicyclic) bond motifs is 10. The molecular weight excluding hydrogens is 1000 g/mol. The molecule has 6 saturated carbocycles. The molecule has 2 unspecified atom stereocenters. The van der Waals surface area contributed by atoms with Gasteiger partial charge in [-0.1, -0.05) is 64.8 Å². The molecule has 2 aromatic carbocycles. The van der Waals surface area contributed by atoms with Crippen molar-refractivity contribution in [2.24, 2.45) is 46.3 Å². The minimum Gasteiger partial charge on any atom is -1.00 e. The molecule has 12 nitrogen and oxygen atoms in total. The van der Waals surface area contributed by atoms with E-state index >= 15 is 0 Å². The van der Waals surface area contributed by atoms with E-state index in [1.54, 1.807) is 0 Å². The standard InChI is InChI=1S/C30H42N4O3.C29H39N3O2.CH3.BrH.Mg.H/c1-30(2)20-13-12-19(24(30)16-20)14-15-33-21-8-7-9-22(33)18-23(17-21)34-26-11-6-5-10-25(26)31-27(29(34)36)28(35)32(3)37-4;1-18(33)27-28(34)32(26-10-5-4-9-25(26)30-27)23-16-21-7-6-8-22(17-23)31(21)14-13-19-11-12-20-15-24(19)29(20,2)3;;;;/h5-6,10-11,19-24H,7-9,12-18H2,1-4H3;4-5,9-10,19-24H,6-8,11-17H2,1-3H3;1H3;1H;;/q;;-1;;+2;-1/t2*19-,20-,21-,22+,23?,24-;;;;/m00..../s1. The first-order valence-electron chi connectivity index (χ1n) is 28.0. The third-order valence-electron chi connectivity index (χ3n) is 21.1. The second-order valence-electron chi connectivity index (χ2n) is 25.0. The molecular formula is C60H86BrMgN7O5. The first kappa shape index (κ1) is 57.2. The van der Waals surface area contributed by atoms with Crippen LogP contribution in [0, 0.1) is 53.8 Å². The fraction of sp³-hybridized carbons (Fsp3) is 0.683. The van der Waals surface area contributed by atoms with Crippen LogP contribution in [0.25, 0.3) is 22.1 Å². The predicted molar refractivity (Wildman–Crippen MR) is 303 cm³/mol. The van der Waals surface area contributed by atoms with Crippen LogP contribution in [0.5, 0.6) is 0 Å². The number of benzene rings is 2. The Morgan fingerprint density at radius 2 is 1.01 bits per heavy atom. The number of ketones is 1. The molecule has 14 heteroatoms. The fourth-order valence-corrected chi connectivity index (χ4v) is 16.9. The summed E-state index contributed by atoms with van der Waals surface area (Å²) in [5.41, 5.74) is 3.76. The molecule has 10 aliphatic rings. The van der Waals surface area contributed by atoms with Gasteiger partial charge in [-0.15, -0.1) is 17.0 Å². The topological polar surface area (TPSA) is 123 Å². The number of halogens is 1. The Hall–Kier alpha value is -3.01. The van der Waals surface area contributed by atoms with Crippen LogP contribution in [0.4, 0.5) is 0 Å². The summed E-state index contributed by atoms with van der Waals surface area (Å²) >= 11 is 0. The zero-order valence-corrected chi connectivity index (χ0v) is 49.1. The summed E-state index contributed by atoms with van der Waals surface area (Å²) in [7, 11) is 2.94. The number of nitrogens with zero attached hydrogens (tertiary/aromatic N) is 7. The van der Waals surface area contributed by atoms with Crippen molar-refractivity contribution in [3.05, 3.63) is 88.1 Å². The summed E-state index contributed by atoms with van der Waals surface area (Å²) in [6.45, 7) is 13.9. The number of hydrogen-bond donors (Lipinski definition) is 0. The molecule has 0 N–H and O–H groups in total. The number of aromatic nitrogens is 4. The molecule has 6 heterocycles. The van der Waals surface area contributed by atoms with Crippen LogP contribution < -0.4 is 11.1 Å². The van der Waals surface area contributed by atoms with Gasteiger partial charge in [0.1, 0.15) is 0 Å². The number of hydrogen-bond acceptors (Lipinski definition) is 9. The van der Waals surface area contributed by atoms with E-state index < -0.39 is 5.91 Å². The second-order valence-corrected chi connectivity index (χ2v) is 25.0. The first-order chi connectivity index (χ1) is 34.1. The van der Waals surface area contributed by atoms with Crippen molar-refractivity contribution < 1.29 is 15.9 Å². The number of carbonyl (C=O) groups is 2. The summed E-state index contributed by atoms with van der Waals surface area (Å²) in [5.74, 6) is 4.78. The summed E-state index contributed by atoms with van der Waals surface area (Å²) in [6, 6.07) is 17.9. The molecule has 8 bridgehead atoms. The van der Waals surface area contributed by atoms with Gasteiger partial charge in [-0.2, -0.15) is 0 Å². The van der Waals surface area contributed by atoms with E-state index in [2.05, 4.69) is 47.5 Å². The van der Waals surface area contributed by atoms with Crippen molar-refractivity contribution in [2.75, 3.05) is 27.2 Å². The van der Waals surface area contributed by atoms with E-state index in [9.17, 15) is 19.2 Å². The van der Waals surface area contributed by atoms with Gasteiger partial charge < -0.3 is 18.0 Å². The fourth-order valence-electron chi connectivity index (χ4n) is 16.9. The third-order valence-corrected chi connectivity index (χ3v) is 21.1. The molecule has 4 aromatic rings. The molecule has 74 heavy (non-hydrogen) atoms. The van der Waals surface area contributed by atoms with Gasteiger partial charge in [0.25, 0.3) is 11.1 Å². The predicted octanol–water partition coefficient (Wildman–Crippen LogP) is 11.4. The zero-order chi connectivity index (χ0) is 49.5. The Kier molecular flexibility index (Phi) is 17.6. The van der Waals surface area contributed by atoms with E-state index in [-0.39, 0.29) is 89.3 Å². The zero-order valence-electron chi connectivity index (χ0n) is 47.0. The molecule has 4 aliphatic heterocycles. The van der Waals surface area contributed by atoms with E-state index in [1.807, 2.05) is 57.7 Å². The van der Waals surface area contributed by atoms with Gasteiger partial charge in [0.2, 0.25) is 0 Å². The number of amides is 1. The van der Waals surface area contributed by atoms with Gasteiger partial charge in [0, 0.05) is 50.2 Å². The van der Waals surface area contributed by atoms with Crippen molar-refractivity contribution >= 4 is 73.8 Å². The maximum Gasteiger partial charge on any atom is 2.00 e. The summed E-state index contributed by atoms with van der Waals surface area (Å²) < 4.78 is 3.82. The van der Waals surface area contributed by atoms with Crippen LogP contribution in [0.2, 0.25) is 0 Å². The summed E-state index contributed by atoms with van der Waals surface area (Å²) in [5, 5.41) is 1.08. The minimum absolute atomic E-state index is 0. The van der Waals surface area contributed by atoms with Crippen LogP contribution >= 0.6 is 17.0 Å². The molecule has 1 amide bonds. The van der Waals surface area contributed by atoms with Crippen LogP contribution in [0.3, 0.4) is 0 Å². The van der Waals surface area contributed by atoms with Gasteiger partial charge in [0.05, 0.1) is 29.2 Å². The van der Waals surface area contributed by atoms with E-state index in [4.69, 9.17) is 4.84 Å². The maximum absolute atomic E-state index is 13.8. The minimum atomic E-state index is -0.502. The molecule has 14 rings (SSSR count). The van der Waals surface area contributed by atoms with Crippen molar-refractivity contribution in [1.82, 2.24) is 34.0 Å². The van der Waals surface area contributed by atoms with Crippen molar-refractivity contribution in [1.29, 1.82) is 0 Å². The Balaban J connectivity index is 0.000000208. The molecule has 6 aliphatic carbocycles. The van der Waals surface area contributed by atoms with Gasteiger partial charge in [0.15, 0.2) is 17.2 Å². The van der Waals surface area contributed by atoms with E-state index in [0.717, 1.165) is 82.8 Å². The number of rotatable bonds is 11. The maximum atomic E-state index is 13.8. The third kappa shape index (κ3) is 10.2. The van der Waals surface area contributed by atoms with Crippen molar-refractivity contribution in [2.45, 2.75) is 186 Å².